The lowest BCUT2D eigenvalue weighted by atomic mass is 10.2. The molecule has 0 saturated heterocycles. The summed E-state index contributed by atoms with van der Waals surface area (Å²) in [6, 6.07) is 7.62. The number of rotatable bonds is 7. The summed E-state index contributed by atoms with van der Waals surface area (Å²) < 4.78 is 9.32. The van der Waals surface area contributed by atoms with Gasteiger partial charge in [0.05, 0.1) is 6.54 Å². The summed E-state index contributed by atoms with van der Waals surface area (Å²) >= 11 is 0. The van der Waals surface area contributed by atoms with E-state index in [1.807, 2.05) is 24.3 Å². The normalized spacial score (nSPS) is 12.3. The van der Waals surface area contributed by atoms with Crippen molar-refractivity contribution in [2.45, 2.75) is 26.0 Å². The number of anilines is 1. The highest BCUT2D eigenvalue weighted by atomic mass is 16.5. The van der Waals surface area contributed by atoms with E-state index in [0.29, 0.717) is 5.75 Å². The second-order valence-electron chi connectivity index (χ2n) is 6.53. The van der Waals surface area contributed by atoms with Crippen LogP contribution in [0.2, 0.25) is 0 Å². The molecule has 28 heavy (non-hydrogen) atoms. The van der Waals surface area contributed by atoms with Gasteiger partial charge in [-0.15, -0.1) is 0 Å². The van der Waals surface area contributed by atoms with Gasteiger partial charge in [0, 0.05) is 14.1 Å². The molecule has 0 radical (unpaired) electrons. The molecule has 2 aromatic heterocycles. The number of nitrogen functional groups attached to an aromatic ring is 1. The zero-order valence-corrected chi connectivity index (χ0v) is 16.0. The van der Waals surface area contributed by atoms with Gasteiger partial charge in [0.15, 0.2) is 11.2 Å². The Morgan fingerprint density at radius 3 is 2.50 bits per heavy atom. The molecule has 0 unspecified atom stereocenters. The van der Waals surface area contributed by atoms with Gasteiger partial charge >= 0.3 is 5.69 Å². The van der Waals surface area contributed by atoms with Crippen molar-refractivity contribution in [2.24, 2.45) is 19.9 Å². The number of aliphatic hydroxyl groups is 1. The Hall–Kier alpha value is -3.11. The van der Waals surface area contributed by atoms with E-state index < -0.39 is 17.4 Å². The van der Waals surface area contributed by atoms with Crippen molar-refractivity contribution in [2.75, 3.05) is 12.0 Å². The highest BCUT2D eigenvalue weighted by Gasteiger charge is 2.20. The standard InChI is InChI=1S/C18H24N6O4/c1-4-11-5-7-13(8-6-11)28-10-12(25)9-24-14-15(20-17(24)21-19)22(2)18(27)23(3)16(14)26/h5-8,12,25H,4,9-10,19H2,1-3H3,(H,20,21)/t12-/m1/s1. The molecule has 3 rings (SSSR count). The summed E-state index contributed by atoms with van der Waals surface area (Å²) in [5.74, 6) is 6.32. The molecule has 10 heteroatoms. The van der Waals surface area contributed by atoms with E-state index in [4.69, 9.17) is 10.6 Å². The molecule has 2 heterocycles. The number of hydrogen-bond donors (Lipinski definition) is 3. The maximum Gasteiger partial charge on any atom is 0.332 e. The summed E-state index contributed by atoms with van der Waals surface area (Å²) in [5, 5.41) is 10.4. The molecular formula is C18H24N6O4. The highest BCUT2D eigenvalue weighted by molar-refractivity contribution is 5.74. The molecule has 0 aliphatic heterocycles. The second kappa shape index (κ2) is 7.87. The van der Waals surface area contributed by atoms with Gasteiger partial charge in [0.1, 0.15) is 18.5 Å². The molecule has 4 N–H and O–H groups in total. The zero-order chi connectivity index (χ0) is 20.4. The quantitative estimate of drug-likeness (QED) is 0.375. The maximum absolute atomic E-state index is 12.6. The lowest BCUT2D eigenvalue weighted by Crippen LogP contribution is -2.38. The van der Waals surface area contributed by atoms with Crippen LogP contribution >= 0.6 is 0 Å². The number of fused-ring (bicyclic) bond motifs is 1. The van der Waals surface area contributed by atoms with Crippen molar-refractivity contribution in [1.29, 1.82) is 0 Å². The molecule has 3 aromatic rings. The number of ether oxygens (including phenoxy) is 1. The van der Waals surface area contributed by atoms with Crippen molar-refractivity contribution < 1.29 is 9.84 Å². The van der Waals surface area contributed by atoms with Crippen LogP contribution in [0.15, 0.2) is 33.9 Å². The summed E-state index contributed by atoms with van der Waals surface area (Å²) in [4.78, 5) is 28.9. The number of imidazole rings is 1. The fourth-order valence-corrected chi connectivity index (χ4v) is 3.01. The SMILES string of the molecule is CCc1ccc(OC[C@H](O)Cn2c(NN)nc3c2c(=O)n(C)c(=O)n3C)cc1. The molecule has 0 bridgehead atoms. The number of hydrogen-bond acceptors (Lipinski definition) is 7. The molecule has 10 nitrogen and oxygen atoms in total. The molecule has 0 amide bonds. The van der Waals surface area contributed by atoms with E-state index in [0.717, 1.165) is 11.0 Å². The number of nitrogens with two attached hydrogens (primary N) is 1. The van der Waals surface area contributed by atoms with E-state index in [1.165, 1.54) is 28.8 Å². The molecule has 0 aliphatic rings. The highest BCUT2D eigenvalue weighted by Crippen LogP contribution is 2.16. The average Bonchev–Trinajstić information content (AvgIpc) is 3.07. The summed E-state index contributed by atoms with van der Waals surface area (Å²) in [6.45, 7) is 2.09. The molecular weight excluding hydrogens is 364 g/mol. The van der Waals surface area contributed by atoms with Gasteiger partial charge < -0.3 is 14.4 Å². The predicted octanol–water partition coefficient (Wildman–Crippen LogP) is -0.278. The van der Waals surface area contributed by atoms with Crippen LogP contribution < -0.4 is 27.3 Å². The fraction of sp³-hybridized carbons (Fsp3) is 0.389. The molecule has 0 saturated carbocycles. The Balaban J connectivity index is 1.86. The van der Waals surface area contributed by atoms with Crippen molar-refractivity contribution in [3.63, 3.8) is 0 Å². The van der Waals surface area contributed by atoms with Gasteiger partial charge in [-0.25, -0.2) is 10.6 Å². The lowest BCUT2D eigenvalue weighted by molar-refractivity contribution is 0.0938. The number of aliphatic hydroxyl groups excluding tert-OH is 1. The summed E-state index contributed by atoms with van der Waals surface area (Å²) in [5.41, 5.74) is 2.94. The van der Waals surface area contributed by atoms with Crippen LogP contribution in [-0.4, -0.2) is 36.5 Å². The maximum atomic E-state index is 12.6. The van der Waals surface area contributed by atoms with E-state index in [9.17, 15) is 14.7 Å². The molecule has 0 fully saturated rings. The number of nitrogens with zero attached hydrogens (tertiary/aromatic N) is 4. The number of aromatic nitrogens is 4. The van der Waals surface area contributed by atoms with Gasteiger partial charge in [-0.1, -0.05) is 19.1 Å². The summed E-state index contributed by atoms with van der Waals surface area (Å²) in [7, 11) is 2.90. The lowest BCUT2D eigenvalue weighted by Gasteiger charge is -2.15. The van der Waals surface area contributed by atoms with Crippen molar-refractivity contribution in [3.05, 3.63) is 50.7 Å². The molecule has 0 spiro atoms. The van der Waals surface area contributed by atoms with E-state index >= 15 is 0 Å². The van der Waals surface area contributed by atoms with Crippen LogP contribution in [0, 0.1) is 0 Å². The molecule has 0 aliphatic carbocycles. The van der Waals surface area contributed by atoms with Crippen molar-refractivity contribution >= 4 is 17.1 Å². The Labute approximate surface area is 160 Å². The third kappa shape index (κ3) is 3.51. The predicted molar refractivity (Wildman–Crippen MR) is 105 cm³/mol. The van der Waals surface area contributed by atoms with E-state index in [2.05, 4.69) is 17.3 Å². The molecule has 1 atom stereocenters. The third-order valence-corrected chi connectivity index (χ3v) is 4.64. The number of benzene rings is 1. The van der Waals surface area contributed by atoms with E-state index in [-0.39, 0.29) is 30.3 Å². The first kappa shape index (κ1) is 19.6. The smallest absolute Gasteiger partial charge is 0.332 e. The largest absolute Gasteiger partial charge is 0.491 e. The third-order valence-electron chi connectivity index (χ3n) is 4.64. The topological polar surface area (TPSA) is 129 Å². The van der Waals surface area contributed by atoms with Gasteiger partial charge in [-0.05, 0) is 24.1 Å². The van der Waals surface area contributed by atoms with Crippen LogP contribution in [0.1, 0.15) is 12.5 Å². The van der Waals surface area contributed by atoms with Gasteiger partial charge in [0.25, 0.3) is 5.56 Å². The Bertz CT molecular complexity index is 1100. The summed E-state index contributed by atoms with van der Waals surface area (Å²) in [6.07, 6.45) is 0.000404. The Morgan fingerprint density at radius 1 is 1.21 bits per heavy atom. The molecule has 1 aromatic carbocycles. The van der Waals surface area contributed by atoms with E-state index in [1.54, 1.807) is 0 Å². The van der Waals surface area contributed by atoms with Crippen LogP contribution in [0.25, 0.3) is 11.2 Å². The Kier molecular flexibility index (Phi) is 5.52. The van der Waals surface area contributed by atoms with Crippen LogP contribution in [-0.2, 0) is 27.1 Å². The van der Waals surface area contributed by atoms with Crippen molar-refractivity contribution in [3.8, 4) is 5.75 Å². The first-order valence-electron chi connectivity index (χ1n) is 8.90. The Morgan fingerprint density at radius 2 is 1.89 bits per heavy atom. The van der Waals surface area contributed by atoms with Gasteiger partial charge in [-0.2, -0.15) is 4.98 Å². The van der Waals surface area contributed by atoms with Crippen LogP contribution in [0.4, 0.5) is 5.95 Å². The first-order valence-corrected chi connectivity index (χ1v) is 8.90. The van der Waals surface area contributed by atoms with Crippen LogP contribution in [0.3, 0.4) is 0 Å². The fourth-order valence-electron chi connectivity index (χ4n) is 3.01. The van der Waals surface area contributed by atoms with Gasteiger partial charge in [0.2, 0.25) is 5.95 Å². The zero-order valence-electron chi connectivity index (χ0n) is 16.0. The first-order chi connectivity index (χ1) is 13.4. The van der Waals surface area contributed by atoms with Gasteiger partial charge in [-0.3, -0.25) is 19.4 Å². The average molecular weight is 388 g/mol. The number of nitrogens with one attached hydrogen (secondary N) is 1. The minimum absolute atomic E-state index is 0.0104. The second-order valence-corrected chi connectivity index (χ2v) is 6.53. The molecule has 150 valence electrons. The minimum atomic E-state index is -0.933. The number of hydrazine groups is 1. The van der Waals surface area contributed by atoms with Crippen LogP contribution in [0.5, 0.6) is 5.75 Å². The monoisotopic (exact) mass is 388 g/mol. The minimum Gasteiger partial charge on any atom is -0.491 e. The van der Waals surface area contributed by atoms with Crippen molar-refractivity contribution in [1.82, 2.24) is 18.7 Å². The number of aryl methyl sites for hydroxylation is 2.